The number of alkyl halides is 3. The van der Waals surface area contributed by atoms with E-state index in [0.29, 0.717) is 35.2 Å². The van der Waals surface area contributed by atoms with Gasteiger partial charge in [-0.2, -0.15) is 13.2 Å². The molecule has 0 saturated carbocycles. The van der Waals surface area contributed by atoms with Gasteiger partial charge in [-0.15, -0.1) is 0 Å². The van der Waals surface area contributed by atoms with Crippen molar-refractivity contribution in [3.8, 4) is 11.1 Å². The van der Waals surface area contributed by atoms with Crippen LogP contribution < -0.4 is 10.2 Å². The second-order valence-electron chi connectivity index (χ2n) is 6.33. The predicted octanol–water partition coefficient (Wildman–Crippen LogP) is 5.81. The first-order valence-corrected chi connectivity index (χ1v) is 8.69. The van der Waals surface area contributed by atoms with Crippen molar-refractivity contribution in [3.63, 3.8) is 0 Å². The summed E-state index contributed by atoms with van der Waals surface area (Å²) in [6, 6.07) is 14.7. The van der Waals surface area contributed by atoms with E-state index in [-0.39, 0.29) is 0 Å². The van der Waals surface area contributed by atoms with Gasteiger partial charge in [0.05, 0.1) is 17.9 Å². The summed E-state index contributed by atoms with van der Waals surface area (Å²) in [4.78, 5) is 6.45. The largest absolute Gasteiger partial charge is 0.416 e. The lowest BCUT2D eigenvalue weighted by Crippen LogP contribution is -2.22. The van der Waals surface area contributed by atoms with Gasteiger partial charge in [0, 0.05) is 23.3 Å². The van der Waals surface area contributed by atoms with Crippen molar-refractivity contribution in [1.82, 2.24) is 4.98 Å². The van der Waals surface area contributed by atoms with Gasteiger partial charge in [0.2, 0.25) is 0 Å². The normalized spacial score (nSPS) is 13.4. The van der Waals surface area contributed by atoms with E-state index in [4.69, 9.17) is 11.6 Å². The quantitative estimate of drug-likeness (QED) is 0.612. The van der Waals surface area contributed by atoms with Crippen LogP contribution in [0.15, 0.2) is 60.8 Å². The van der Waals surface area contributed by atoms with Crippen molar-refractivity contribution in [1.29, 1.82) is 0 Å². The lowest BCUT2D eigenvalue weighted by Gasteiger charge is -2.18. The van der Waals surface area contributed by atoms with Crippen LogP contribution in [0.4, 0.5) is 24.7 Å². The molecule has 1 aliphatic heterocycles. The van der Waals surface area contributed by atoms with E-state index in [1.54, 1.807) is 12.3 Å². The lowest BCUT2D eigenvalue weighted by atomic mass is 10.0. The second kappa shape index (κ2) is 6.78. The molecule has 0 unspecified atom stereocenters. The van der Waals surface area contributed by atoms with Gasteiger partial charge in [0.15, 0.2) is 5.82 Å². The monoisotopic (exact) mass is 389 g/mol. The molecule has 0 atom stereocenters. The molecule has 0 bridgehead atoms. The summed E-state index contributed by atoms with van der Waals surface area (Å²) < 4.78 is 39.0. The lowest BCUT2D eigenvalue weighted by molar-refractivity contribution is -0.137. The van der Waals surface area contributed by atoms with Crippen LogP contribution in [0.1, 0.15) is 11.1 Å². The van der Waals surface area contributed by atoms with Crippen LogP contribution in [0.25, 0.3) is 11.1 Å². The molecule has 27 heavy (non-hydrogen) atoms. The molecule has 7 heteroatoms. The van der Waals surface area contributed by atoms with Gasteiger partial charge >= 0.3 is 6.18 Å². The van der Waals surface area contributed by atoms with Crippen LogP contribution in [-0.2, 0) is 12.7 Å². The Hall–Kier alpha value is -2.73. The Morgan fingerprint density at radius 3 is 2.63 bits per heavy atom. The molecule has 0 fully saturated rings. The smallest absolute Gasteiger partial charge is 0.351 e. The second-order valence-corrected chi connectivity index (χ2v) is 6.77. The zero-order chi connectivity index (χ0) is 19.0. The van der Waals surface area contributed by atoms with Crippen LogP contribution in [0, 0.1) is 0 Å². The molecule has 138 valence electrons. The van der Waals surface area contributed by atoms with E-state index in [1.807, 2.05) is 30.3 Å². The van der Waals surface area contributed by atoms with Crippen LogP contribution >= 0.6 is 11.6 Å². The molecular formula is C20H15ClF3N3. The molecule has 0 spiro atoms. The third kappa shape index (κ3) is 3.71. The molecule has 0 radical (unpaired) electrons. The number of rotatable bonds is 3. The van der Waals surface area contributed by atoms with E-state index in [2.05, 4.69) is 15.2 Å². The number of halogens is 4. The topological polar surface area (TPSA) is 28.2 Å². The maximum atomic E-state index is 13.0. The Labute approximate surface area is 159 Å². The summed E-state index contributed by atoms with van der Waals surface area (Å²) in [5, 5.41) is 3.86. The van der Waals surface area contributed by atoms with E-state index in [1.165, 1.54) is 6.07 Å². The first-order chi connectivity index (χ1) is 12.9. The highest BCUT2D eigenvalue weighted by molar-refractivity contribution is 6.30. The van der Waals surface area contributed by atoms with E-state index in [9.17, 15) is 13.2 Å². The molecule has 0 saturated heterocycles. The fourth-order valence-corrected chi connectivity index (χ4v) is 3.33. The van der Waals surface area contributed by atoms with Gasteiger partial charge in [-0.3, -0.25) is 0 Å². The first-order valence-electron chi connectivity index (χ1n) is 8.31. The van der Waals surface area contributed by atoms with E-state index >= 15 is 0 Å². The predicted molar refractivity (Wildman–Crippen MR) is 101 cm³/mol. The molecule has 0 aliphatic carbocycles. The molecule has 2 heterocycles. The Bertz CT molecular complexity index is 988. The van der Waals surface area contributed by atoms with Gasteiger partial charge in [0.25, 0.3) is 0 Å². The highest BCUT2D eigenvalue weighted by Gasteiger charge is 2.30. The summed E-state index contributed by atoms with van der Waals surface area (Å²) in [5.41, 5.74) is 2.34. The average molecular weight is 390 g/mol. The number of nitrogens with one attached hydrogen (secondary N) is 1. The minimum Gasteiger partial charge on any atom is -0.351 e. The Morgan fingerprint density at radius 2 is 1.85 bits per heavy atom. The number of benzene rings is 2. The van der Waals surface area contributed by atoms with Crippen LogP contribution in [0.2, 0.25) is 5.02 Å². The number of aromatic nitrogens is 1. The van der Waals surface area contributed by atoms with E-state index < -0.39 is 11.7 Å². The number of fused-ring (bicyclic) bond motifs is 1. The summed E-state index contributed by atoms with van der Waals surface area (Å²) >= 11 is 6.05. The molecule has 1 aliphatic rings. The third-order valence-electron chi connectivity index (χ3n) is 4.43. The number of hydrogen-bond donors (Lipinski definition) is 1. The maximum Gasteiger partial charge on any atom is 0.416 e. The van der Waals surface area contributed by atoms with Crippen molar-refractivity contribution in [2.45, 2.75) is 12.7 Å². The third-order valence-corrected chi connectivity index (χ3v) is 4.67. The SMILES string of the molecule is FC(F)(F)c1cccc(-c2cnc3c(c2)N(Cc2cccc(Cl)c2)CN3)c1. The van der Waals surface area contributed by atoms with Crippen molar-refractivity contribution < 1.29 is 13.2 Å². The zero-order valence-corrected chi connectivity index (χ0v) is 14.8. The van der Waals surface area contributed by atoms with Crippen molar-refractivity contribution in [2.75, 3.05) is 16.9 Å². The number of anilines is 2. The molecule has 0 amide bonds. The van der Waals surface area contributed by atoms with Gasteiger partial charge in [-0.05, 0) is 41.5 Å². The van der Waals surface area contributed by atoms with Crippen molar-refractivity contribution >= 4 is 23.1 Å². The molecule has 1 N–H and O–H groups in total. The molecule has 2 aromatic carbocycles. The van der Waals surface area contributed by atoms with Crippen molar-refractivity contribution in [2.24, 2.45) is 0 Å². The Morgan fingerprint density at radius 1 is 1.04 bits per heavy atom. The van der Waals surface area contributed by atoms with Gasteiger partial charge in [-0.25, -0.2) is 4.98 Å². The Kier molecular flexibility index (Phi) is 4.44. The van der Waals surface area contributed by atoms with Crippen LogP contribution in [0.5, 0.6) is 0 Å². The first kappa shape index (κ1) is 17.7. The van der Waals surface area contributed by atoms with Gasteiger partial charge in [0.1, 0.15) is 0 Å². The average Bonchev–Trinajstić information content (AvgIpc) is 3.03. The highest BCUT2D eigenvalue weighted by atomic mass is 35.5. The maximum absolute atomic E-state index is 13.0. The Balaban J connectivity index is 1.65. The number of pyridine rings is 1. The molecule has 3 nitrogen and oxygen atoms in total. The summed E-state index contributed by atoms with van der Waals surface area (Å²) in [5.74, 6) is 0.716. The molecule has 1 aromatic heterocycles. The summed E-state index contributed by atoms with van der Waals surface area (Å²) in [7, 11) is 0. The summed E-state index contributed by atoms with van der Waals surface area (Å²) in [6.07, 6.45) is -2.79. The molecular weight excluding hydrogens is 375 g/mol. The van der Waals surface area contributed by atoms with Gasteiger partial charge in [-0.1, -0.05) is 35.9 Å². The molecule has 4 rings (SSSR count). The van der Waals surface area contributed by atoms with Gasteiger partial charge < -0.3 is 10.2 Å². The standard InChI is InChI=1S/C20H15ClF3N3/c21-17-6-1-3-13(7-17)11-27-12-26-19-18(27)9-15(10-25-19)14-4-2-5-16(8-14)20(22,23)24/h1-10H,11-12H2,(H,25,26). The highest BCUT2D eigenvalue weighted by Crippen LogP contribution is 2.36. The van der Waals surface area contributed by atoms with Crippen molar-refractivity contribution in [3.05, 3.63) is 76.9 Å². The van der Waals surface area contributed by atoms with E-state index in [0.717, 1.165) is 23.4 Å². The van der Waals surface area contributed by atoms with Crippen LogP contribution in [-0.4, -0.2) is 11.7 Å². The minimum absolute atomic E-state index is 0.481. The number of hydrogen-bond acceptors (Lipinski definition) is 3. The fourth-order valence-electron chi connectivity index (χ4n) is 3.12. The summed E-state index contributed by atoms with van der Waals surface area (Å²) in [6.45, 7) is 1.19. The minimum atomic E-state index is -4.37. The number of nitrogens with zero attached hydrogens (tertiary/aromatic N) is 2. The zero-order valence-electron chi connectivity index (χ0n) is 14.1. The fraction of sp³-hybridized carbons (Fsp3) is 0.150. The van der Waals surface area contributed by atoms with Crippen LogP contribution in [0.3, 0.4) is 0 Å². The molecule has 3 aromatic rings.